The highest BCUT2D eigenvalue weighted by molar-refractivity contribution is 5.82. The van der Waals surface area contributed by atoms with Crippen LogP contribution in [0.3, 0.4) is 0 Å². The van der Waals surface area contributed by atoms with Gasteiger partial charge in [-0.2, -0.15) is 0 Å². The van der Waals surface area contributed by atoms with Crippen molar-refractivity contribution in [2.45, 2.75) is 25.7 Å². The number of ether oxygens (including phenoxy) is 1. The van der Waals surface area contributed by atoms with Crippen LogP contribution in [0.1, 0.15) is 25.7 Å². The van der Waals surface area contributed by atoms with Crippen LogP contribution in [0.15, 0.2) is 39.5 Å². The summed E-state index contributed by atoms with van der Waals surface area (Å²) >= 11 is 0. The smallest absolute Gasteiger partial charge is 0.339 e. The van der Waals surface area contributed by atoms with E-state index < -0.39 is 10.7 Å². The van der Waals surface area contributed by atoms with E-state index in [2.05, 4.69) is 4.84 Å². The molecule has 1 aromatic carbocycles. The fraction of sp³-hybridized carbons (Fsp3) is 0.471. The SMILES string of the molecule is O=c1cc(OCC2CCC(CO[N+](=O)[O-])CC2)c2ccccc2o1. The zero-order valence-corrected chi connectivity index (χ0v) is 13.2. The number of benzene rings is 1. The van der Waals surface area contributed by atoms with Crippen molar-refractivity contribution in [1.29, 1.82) is 0 Å². The van der Waals surface area contributed by atoms with Crippen LogP contribution in [0.5, 0.6) is 5.75 Å². The topological polar surface area (TPSA) is 91.8 Å². The molecule has 0 unspecified atom stereocenters. The van der Waals surface area contributed by atoms with E-state index >= 15 is 0 Å². The lowest BCUT2D eigenvalue weighted by molar-refractivity contribution is -0.759. The van der Waals surface area contributed by atoms with Gasteiger partial charge in [0.25, 0.3) is 5.09 Å². The molecule has 1 aliphatic carbocycles. The van der Waals surface area contributed by atoms with Crippen molar-refractivity contribution in [3.05, 3.63) is 50.9 Å². The summed E-state index contributed by atoms with van der Waals surface area (Å²) in [5.74, 6) is 1.15. The Morgan fingerprint density at radius 3 is 2.50 bits per heavy atom. The highest BCUT2D eigenvalue weighted by Crippen LogP contribution is 2.30. The summed E-state index contributed by atoms with van der Waals surface area (Å²) in [5, 5.41) is 10.3. The molecule has 1 saturated carbocycles. The third kappa shape index (κ3) is 4.04. The minimum absolute atomic E-state index is 0.172. The van der Waals surface area contributed by atoms with Crippen molar-refractivity contribution < 1.29 is 19.1 Å². The molecule has 7 nitrogen and oxygen atoms in total. The number of nitrogens with zero attached hydrogens (tertiary/aromatic N) is 1. The molecule has 1 heterocycles. The Balaban J connectivity index is 1.56. The molecule has 0 bridgehead atoms. The van der Waals surface area contributed by atoms with Crippen LogP contribution in [-0.4, -0.2) is 18.3 Å². The van der Waals surface area contributed by atoms with E-state index in [1.165, 1.54) is 6.07 Å². The molecule has 0 aliphatic heterocycles. The lowest BCUT2D eigenvalue weighted by atomic mass is 9.83. The summed E-state index contributed by atoms with van der Waals surface area (Å²) in [6, 6.07) is 8.65. The monoisotopic (exact) mass is 333 g/mol. The van der Waals surface area contributed by atoms with Gasteiger partial charge in [-0.3, -0.25) is 0 Å². The molecule has 0 radical (unpaired) electrons. The van der Waals surface area contributed by atoms with Crippen molar-refractivity contribution in [2.24, 2.45) is 11.8 Å². The third-order valence-corrected chi connectivity index (χ3v) is 4.47. The summed E-state index contributed by atoms with van der Waals surface area (Å²) in [4.78, 5) is 26.3. The first-order valence-corrected chi connectivity index (χ1v) is 8.05. The molecule has 0 atom stereocenters. The van der Waals surface area contributed by atoms with E-state index in [0.29, 0.717) is 23.9 Å². The largest absolute Gasteiger partial charge is 0.492 e. The van der Waals surface area contributed by atoms with E-state index in [-0.39, 0.29) is 12.5 Å². The van der Waals surface area contributed by atoms with Crippen molar-refractivity contribution >= 4 is 11.0 Å². The third-order valence-electron chi connectivity index (χ3n) is 4.47. The highest BCUT2D eigenvalue weighted by atomic mass is 16.9. The molecular weight excluding hydrogens is 314 g/mol. The van der Waals surface area contributed by atoms with Crippen LogP contribution < -0.4 is 10.4 Å². The number of fused-ring (bicyclic) bond motifs is 1. The van der Waals surface area contributed by atoms with Crippen LogP contribution in [0.4, 0.5) is 0 Å². The molecule has 2 aromatic rings. The van der Waals surface area contributed by atoms with Gasteiger partial charge in [0.05, 0.1) is 24.7 Å². The first kappa shape index (κ1) is 16.3. The number of para-hydroxylation sites is 1. The average Bonchev–Trinajstić information content (AvgIpc) is 2.58. The molecule has 3 rings (SSSR count). The van der Waals surface area contributed by atoms with E-state index in [9.17, 15) is 14.9 Å². The lowest BCUT2D eigenvalue weighted by Crippen LogP contribution is -2.23. The van der Waals surface area contributed by atoms with Crippen LogP contribution in [0.2, 0.25) is 0 Å². The van der Waals surface area contributed by atoms with Crippen molar-refractivity contribution in [2.75, 3.05) is 13.2 Å². The van der Waals surface area contributed by atoms with Crippen LogP contribution in [0, 0.1) is 22.0 Å². The zero-order chi connectivity index (χ0) is 16.9. The van der Waals surface area contributed by atoms with E-state index in [4.69, 9.17) is 9.15 Å². The summed E-state index contributed by atoms with van der Waals surface area (Å²) < 4.78 is 11.0. The zero-order valence-electron chi connectivity index (χ0n) is 13.2. The average molecular weight is 333 g/mol. The molecule has 0 spiro atoms. The summed E-state index contributed by atoms with van der Waals surface area (Å²) in [7, 11) is 0. The van der Waals surface area contributed by atoms with Gasteiger partial charge in [-0.05, 0) is 49.7 Å². The quantitative estimate of drug-likeness (QED) is 0.458. The molecule has 0 amide bonds. The summed E-state index contributed by atoms with van der Waals surface area (Å²) in [6.07, 6.45) is 3.65. The maximum absolute atomic E-state index is 11.6. The normalized spacial score (nSPS) is 20.7. The lowest BCUT2D eigenvalue weighted by Gasteiger charge is -2.27. The summed E-state index contributed by atoms with van der Waals surface area (Å²) in [6.45, 7) is 0.696. The fourth-order valence-electron chi connectivity index (χ4n) is 3.14. The first-order chi connectivity index (χ1) is 11.6. The van der Waals surface area contributed by atoms with E-state index in [1.54, 1.807) is 6.07 Å². The van der Waals surface area contributed by atoms with E-state index in [0.717, 1.165) is 31.1 Å². The standard InChI is InChI=1S/C17H19NO6/c19-17-9-16(14-3-1-2-4-15(14)24-17)22-10-12-5-7-13(8-6-12)11-23-18(20)21/h1-4,9,12-13H,5-8,10-11H2. The van der Waals surface area contributed by atoms with Gasteiger partial charge in [-0.25, -0.2) is 4.79 Å². The molecule has 1 fully saturated rings. The highest BCUT2D eigenvalue weighted by Gasteiger charge is 2.23. The van der Waals surface area contributed by atoms with Gasteiger partial charge in [0, 0.05) is 0 Å². The number of hydrogen-bond acceptors (Lipinski definition) is 6. The van der Waals surface area contributed by atoms with Crippen LogP contribution >= 0.6 is 0 Å². The number of rotatable bonds is 6. The van der Waals surface area contributed by atoms with Gasteiger partial charge in [0.2, 0.25) is 0 Å². The molecule has 0 N–H and O–H groups in total. The second-order valence-corrected chi connectivity index (χ2v) is 6.14. The molecule has 1 aromatic heterocycles. The van der Waals surface area contributed by atoms with E-state index in [1.807, 2.05) is 18.2 Å². The number of hydrogen-bond donors (Lipinski definition) is 0. The van der Waals surface area contributed by atoms with Crippen molar-refractivity contribution in [3.8, 4) is 5.75 Å². The van der Waals surface area contributed by atoms with Crippen molar-refractivity contribution in [1.82, 2.24) is 0 Å². The fourth-order valence-corrected chi connectivity index (χ4v) is 3.14. The Morgan fingerprint density at radius 2 is 1.79 bits per heavy atom. The maximum Gasteiger partial charge on any atom is 0.339 e. The Bertz CT molecular complexity index is 763. The van der Waals surface area contributed by atoms with Crippen LogP contribution in [0.25, 0.3) is 11.0 Å². The van der Waals surface area contributed by atoms with Gasteiger partial charge in [0.1, 0.15) is 11.3 Å². The molecule has 1 aliphatic rings. The first-order valence-electron chi connectivity index (χ1n) is 8.05. The minimum Gasteiger partial charge on any atom is -0.492 e. The van der Waals surface area contributed by atoms with Gasteiger partial charge in [-0.15, -0.1) is 10.1 Å². The second kappa shape index (κ2) is 7.33. The van der Waals surface area contributed by atoms with Crippen molar-refractivity contribution in [3.63, 3.8) is 0 Å². The second-order valence-electron chi connectivity index (χ2n) is 6.14. The van der Waals surface area contributed by atoms with Crippen LogP contribution in [-0.2, 0) is 4.84 Å². The van der Waals surface area contributed by atoms with Gasteiger partial charge in [0.15, 0.2) is 0 Å². The minimum atomic E-state index is -0.735. The van der Waals surface area contributed by atoms with Gasteiger partial charge < -0.3 is 14.0 Å². The molecular formula is C17H19NO6. The Hall–Kier alpha value is -2.57. The Labute approximate surface area is 138 Å². The predicted octanol–water partition coefficient (Wildman–Crippen LogP) is 3.19. The Morgan fingerprint density at radius 1 is 1.12 bits per heavy atom. The Kier molecular flexibility index (Phi) is 4.98. The molecule has 128 valence electrons. The van der Waals surface area contributed by atoms with Gasteiger partial charge >= 0.3 is 5.63 Å². The molecule has 7 heteroatoms. The predicted molar refractivity (Wildman–Crippen MR) is 86.4 cm³/mol. The molecule has 0 saturated heterocycles. The summed E-state index contributed by atoms with van der Waals surface area (Å²) in [5.41, 5.74) is 0.0879. The molecule has 24 heavy (non-hydrogen) atoms. The van der Waals surface area contributed by atoms with Gasteiger partial charge in [-0.1, -0.05) is 12.1 Å². The maximum atomic E-state index is 11.6.